The third-order valence-electron chi connectivity index (χ3n) is 3.43. The molecule has 0 fully saturated rings. The Labute approximate surface area is 145 Å². The molecule has 1 aromatic carbocycles. The van der Waals surface area contributed by atoms with Crippen LogP contribution in [0, 0.1) is 18.7 Å². The van der Waals surface area contributed by atoms with E-state index in [0.29, 0.717) is 5.56 Å². The highest BCUT2D eigenvalue weighted by Gasteiger charge is 2.29. The summed E-state index contributed by atoms with van der Waals surface area (Å²) in [5, 5.41) is 4.20. The molecule has 0 spiro atoms. The molecule has 0 aliphatic carbocycles. The molecule has 24 heavy (non-hydrogen) atoms. The van der Waals surface area contributed by atoms with Gasteiger partial charge in [-0.2, -0.15) is 4.72 Å². The second-order valence-electron chi connectivity index (χ2n) is 5.73. The Morgan fingerprint density at radius 3 is 2.50 bits per heavy atom. The van der Waals surface area contributed by atoms with E-state index in [1.165, 1.54) is 12.1 Å². The number of aryl methyl sites for hydroxylation is 1. The van der Waals surface area contributed by atoms with E-state index in [9.17, 15) is 17.6 Å². The molecule has 0 aliphatic rings. The first-order chi connectivity index (χ1) is 11.2. The zero-order valence-corrected chi connectivity index (χ0v) is 15.2. The quantitative estimate of drug-likeness (QED) is 0.820. The van der Waals surface area contributed by atoms with Gasteiger partial charge in [-0.15, -0.1) is 11.3 Å². The first kappa shape index (κ1) is 18.6. The van der Waals surface area contributed by atoms with E-state index in [2.05, 4.69) is 10.0 Å². The van der Waals surface area contributed by atoms with Crippen molar-refractivity contribution >= 4 is 33.0 Å². The maximum absolute atomic E-state index is 13.6. The number of carbonyl (C=O) groups is 1. The summed E-state index contributed by atoms with van der Waals surface area (Å²) in [5.41, 5.74) is 0.746. The van der Waals surface area contributed by atoms with Crippen LogP contribution < -0.4 is 10.0 Å². The molecule has 8 heteroatoms. The molecule has 0 bridgehead atoms. The molecule has 0 unspecified atom stereocenters. The number of nitrogens with one attached hydrogen (secondary N) is 2. The van der Waals surface area contributed by atoms with Crippen molar-refractivity contribution in [1.82, 2.24) is 4.72 Å². The number of hydrogen-bond acceptors (Lipinski definition) is 4. The van der Waals surface area contributed by atoms with E-state index in [0.717, 1.165) is 11.3 Å². The summed E-state index contributed by atoms with van der Waals surface area (Å²) < 4.78 is 40.8. The molecule has 0 saturated heterocycles. The Morgan fingerprint density at radius 2 is 1.96 bits per heavy atom. The summed E-state index contributed by atoms with van der Waals surface area (Å²) in [5.74, 6) is -1.25. The third kappa shape index (κ3) is 4.40. The summed E-state index contributed by atoms with van der Waals surface area (Å²) in [4.78, 5) is 12.4. The van der Waals surface area contributed by atoms with Crippen molar-refractivity contribution in [3.05, 3.63) is 47.1 Å². The molecule has 1 heterocycles. The topological polar surface area (TPSA) is 75.3 Å². The van der Waals surface area contributed by atoms with Gasteiger partial charge in [0.2, 0.25) is 5.91 Å². The summed E-state index contributed by atoms with van der Waals surface area (Å²) in [6.45, 7) is 5.08. The van der Waals surface area contributed by atoms with Gasteiger partial charge >= 0.3 is 0 Å². The fraction of sp³-hybridized carbons (Fsp3) is 0.312. The number of carbonyl (C=O) groups excluding carboxylic acids is 1. The van der Waals surface area contributed by atoms with Crippen molar-refractivity contribution in [1.29, 1.82) is 0 Å². The highest BCUT2D eigenvalue weighted by atomic mass is 32.2. The summed E-state index contributed by atoms with van der Waals surface area (Å²) in [6.07, 6.45) is 0. The minimum absolute atomic E-state index is 0.141. The van der Waals surface area contributed by atoms with E-state index in [4.69, 9.17) is 0 Å². The SMILES string of the molecule is Cc1ccc(NC(=O)[C@H](NS(=O)(=O)c2cccs2)C(C)C)cc1F. The highest BCUT2D eigenvalue weighted by molar-refractivity contribution is 7.91. The van der Waals surface area contributed by atoms with Crippen molar-refractivity contribution in [2.45, 2.75) is 31.0 Å². The second-order valence-corrected chi connectivity index (χ2v) is 8.62. The number of sulfonamides is 1. The van der Waals surface area contributed by atoms with Crippen molar-refractivity contribution in [3.63, 3.8) is 0 Å². The van der Waals surface area contributed by atoms with E-state index in [1.807, 2.05) is 0 Å². The van der Waals surface area contributed by atoms with Crippen LogP contribution in [0.5, 0.6) is 0 Å². The molecular formula is C16H19FN2O3S2. The van der Waals surface area contributed by atoms with Crippen LogP contribution in [-0.4, -0.2) is 20.4 Å². The lowest BCUT2D eigenvalue weighted by Crippen LogP contribution is -2.46. The van der Waals surface area contributed by atoms with Crippen molar-refractivity contribution in [2.75, 3.05) is 5.32 Å². The number of halogens is 1. The largest absolute Gasteiger partial charge is 0.325 e. The van der Waals surface area contributed by atoms with Crippen LogP contribution in [-0.2, 0) is 14.8 Å². The predicted octanol–water partition coefficient (Wildman–Crippen LogP) is 3.14. The molecule has 2 N–H and O–H groups in total. The van der Waals surface area contributed by atoms with Gasteiger partial charge < -0.3 is 5.32 Å². The lowest BCUT2D eigenvalue weighted by atomic mass is 10.0. The van der Waals surface area contributed by atoms with Crippen LogP contribution in [0.15, 0.2) is 39.9 Å². The van der Waals surface area contributed by atoms with Gasteiger partial charge in [0.25, 0.3) is 10.0 Å². The Hall–Kier alpha value is -1.77. The molecule has 0 radical (unpaired) electrons. The summed E-state index contributed by atoms with van der Waals surface area (Å²) in [6, 6.07) is 6.45. The van der Waals surface area contributed by atoms with E-state index in [1.54, 1.807) is 44.4 Å². The van der Waals surface area contributed by atoms with Crippen LogP contribution in [0.25, 0.3) is 0 Å². The van der Waals surface area contributed by atoms with E-state index < -0.39 is 27.8 Å². The lowest BCUT2D eigenvalue weighted by Gasteiger charge is -2.21. The highest BCUT2D eigenvalue weighted by Crippen LogP contribution is 2.19. The molecular weight excluding hydrogens is 351 g/mol. The van der Waals surface area contributed by atoms with Gasteiger partial charge in [-0.1, -0.05) is 26.0 Å². The van der Waals surface area contributed by atoms with Gasteiger partial charge in [0.15, 0.2) is 0 Å². The number of benzene rings is 1. The van der Waals surface area contributed by atoms with Gasteiger partial charge in [0.1, 0.15) is 16.1 Å². The number of rotatable bonds is 6. The monoisotopic (exact) mass is 370 g/mol. The van der Waals surface area contributed by atoms with Crippen molar-refractivity contribution in [3.8, 4) is 0 Å². The number of amides is 1. The fourth-order valence-electron chi connectivity index (χ4n) is 2.02. The molecule has 0 saturated carbocycles. The van der Waals surface area contributed by atoms with Gasteiger partial charge in [-0.05, 0) is 42.0 Å². The van der Waals surface area contributed by atoms with Gasteiger partial charge in [0.05, 0.1) is 0 Å². The zero-order chi connectivity index (χ0) is 17.9. The summed E-state index contributed by atoms with van der Waals surface area (Å²) >= 11 is 1.07. The number of thiophene rings is 1. The Bertz CT molecular complexity index is 818. The maximum Gasteiger partial charge on any atom is 0.250 e. The number of hydrogen-bond donors (Lipinski definition) is 2. The normalized spacial score (nSPS) is 13.0. The second kappa shape index (κ2) is 7.42. The summed E-state index contributed by atoms with van der Waals surface area (Å²) in [7, 11) is -3.78. The average Bonchev–Trinajstić information content (AvgIpc) is 3.03. The van der Waals surface area contributed by atoms with Gasteiger partial charge in [0, 0.05) is 5.69 Å². The first-order valence-electron chi connectivity index (χ1n) is 7.33. The van der Waals surface area contributed by atoms with Gasteiger partial charge in [-0.25, -0.2) is 12.8 Å². The molecule has 2 aromatic rings. The van der Waals surface area contributed by atoms with Crippen LogP contribution >= 0.6 is 11.3 Å². The minimum Gasteiger partial charge on any atom is -0.325 e. The van der Waals surface area contributed by atoms with Crippen LogP contribution in [0.3, 0.4) is 0 Å². The molecule has 2 rings (SSSR count). The van der Waals surface area contributed by atoms with Crippen molar-refractivity contribution in [2.24, 2.45) is 5.92 Å². The molecule has 1 aromatic heterocycles. The van der Waals surface area contributed by atoms with Crippen LogP contribution in [0.4, 0.5) is 10.1 Å². The molecule has 130 valence electrons. The molecule has 1 amide bonds. The predicted molar refractivity (Wildman–Crippen MR) is 93.0 cm³/mol. The Balaban J connectivity index is 2.18. The van der Waals surface area contributed by atoms with Crippen LogP contribution in [0.2, 0.25) is 0 Å². The molecule has 5 nitrogen and oxygen atoms in total. The minimum atomic E-state index is -3.78. The van der Waals surface area contributed by atoms with E-state index >= 15 is 0 Å². The smallest absolute Gasteiger partial charge is 0.250 e. The first-order valence-corrected chi connectivity index (χ1v) is 9.70. The van der Waals surface area contributed by atoms with Gasteiger partial charge in [-0.3, -0.25) is 4.79 Å². The van der Waals surface area contributed by atoms with Crippen LogP contribution in [0.1, 0.15) is 19.4 Å². The maximum atomic E-state index is 13.6. The number of anilines is 1. The fourth-order valence-corrected chi connectivity index (χ4v) is 4.38. The molecule has 0 aliphatic heterocycles. The zero-order valence-electron chi connectivity index (χ0n) is 13.5. The lowest BCUT2D eigenvalue weighted by molar-refractivity contribution is -0.118. The molecule has 1 atom stereocenters. The third-order valence-corrected chi connectivity index (χ3v) is 6.27. The standard InChI is InChI=1S/C16H19FN2O3S2/c1-10(2)15(19-24(21,22)14-5-4-8-23-14)16(20)18-12-7-6-11(3)13(17)9-12/h4-10,15,19H,1-3H3,(H,18,20)/t15-/m1/s1. The average molecular weight is 370 g/mol. The van der Waals surface area contributed by atoms with E-state index in [-0.39, 0.29) is 15.8 Å². The Kier molecular flexibility index (Phi) is 5.74. The Morgan fingerprint density at radius 1 is 1.25 bits per heavy atom. The van der Waals surface area contributed by atoms with Crippen molar-refractivity contribution < 1.29 is 17.6 Å².